The Morgan fingerprint density at radius 2 is 1.76 bits per heavy atom. The van der Waals surface area contributed by atoms with Crippen molar-refractivity contribution in [3.05, 3.63) is 29.3 Å². The fourth-order valence-corrected chi connectivity index (χ4v) is 3.72. The lowest BCUT2D eigenvalue weighted by atomic mass is 9.82. The van der Waals surface area contributed by atoms with Crippen LogP contribution in [-0.4, -0.2) is 47.6 Å². The third kappa shape index (κ3) is 4.49. The molecule has 29 heavy (non-hydrogen) atoms. The van der Waals surface area contributed by atoms with Gasteiger partial charge in [-0.2, -0.15) is 5.01 Å². The van der Waals surface area contributed by atoms with Crippen molar-refractivity contribution in [1.82, 2.24) is 15.8 Å². The molecule has 9 heteroatoms. The second-order valence-electron chi connectivity index (χ2n) is 7.42. The summed E-state index contributed by atoms with van der Waals surface area (Å²) in [4.78, 5) is 48.6. The largest absolute Gasteiger partial charge is 0.481 e. The van der Waals surface area contributed by atoms with Gasteiger partial charge in [0.2, 0.25) is 0 Å². The summed E-state index contributed by atoms with van der Waals surface area (Å²) in [5, 5.41) is 3.36. The van der Waals surface area contributed by atoms with Crippen molar-refractivity contribution in [2.75, 3.05) is 13.2 Å². The predicted octanol–water partition coefficient (Wildman–Crippen LogP) is 1.51. The lowest BCUT2D eigenvalue weighted by molar-refractivity contribution is -0.152. The molecule has 3 rings (SSSR count). The van der Waals surface area contributed by atoms with Gasteiger partial charge < -0.3 is 14.8 Å². The van der Waals surface area contributed by atoms with Gasteiger partial charge >= 0.3 is 12.0 Å². The van der Waals surface area contributed by atoms with Crippen LogP contribution in [0, 0.1) is 13.8 Å². The number of nitrogens with one attached hydrogen (secondary N) is 2. The van der Waals surface area contributed by atoms with E-state index in [1.807, 2.05) is 32.0 Å². The van der Waals surface area contributed by atoms with Gasteiger partial charge in [-0.25, -0.2) is 9.59 Å². The summed E-state index contributed by atoms with van der Waals surface area (Å²) in [7, 11) is 0. The first-order valence-corrected chi connectivity index (χ1v) is 9.63. The van der Waals surface area contributed by atoms with E-state index in [1.54, 1.807) is 0 Å². The molecule has 1 aliphatic carbocycles. The van der Waals surface area contributed by atoms with E-state index in [1.165, 1.54) is 0 Å². The van der Waals surface area contributed by atoms with Gasteiger partial charge in [-0.15, -0.1) is 0 Å². The maximum atomic E-state index is 12.6. The van der Waals surface area contributed by atoms with E-state index in [2.05, 4.69) is 10.7 Å². The van der Waals surface area contributed by atoms with Crippen LogP contribution in [0.25, 0.3) is 0 Å². The molecule has 1 saturated heterocycles. The standard InChI is InChI=1S/C20H25N3O6/c1-13-7-6-8-14(2)17(13)29-12-16(25)28-11-15(24)22-23-18(26)20(21-19(23)27)9-4-3-5-10-20/h6-8H,3-5,9-12H2,1-2H3,(H,21,27)(H,22,24). The van der Waals surface area contributed by atoms with Crippen molar-refractivity contribution >= 4 is 23.8 Å². The first-order chi connectivity index (χ1) is 13.8. The molecule has 2 aliphatic rings. The second-order valence-corrected chi connectivity index (χ2v) is 7.42. The molecule has 4 amide bonds. The number of aryl methyl sites for hydroxylation is 2. The number of nitrogens with zero attached hydrogens (tertiary/aromatic N) is 1. The van der Waals surface area contributed by atoms with Gasteiger partial charge in [-0.1, -0.05) is 37.5 Å². The molecule has 156 valence electrons. The van der Waals surface area contributed by atoms with Gasteiger partial charge in [-0.3, -0.25) is 15.0 Å². The molecule has 2 fully saturated rings. The van der Waals surface area contributed by atoms with Crippen molar-refractivity contribution in [3.8, 4) is 5.75 Å². The van der Waals surface area contributed by atoms with Crippen molar-refractivity contribution in [3.63, 3.8) is 0 Å². The molecule has 0 unspecified atom stereocenters. The van der Waals surface area contributed by atoms with Gasteiger partial charge in [0.05, 0.1) is 0 Å². The van der Waals surface area contributed by atoms with Crippen molar-refractivity contribution in [2.24, 2.45) is 0 Å². The average molecular weight is 403 g/mol. The van der Waals surface area contributed by atoms with E-state index >= 15 is 0 Å². The van der Waals surface area contributed by atoms with Crippen LogP contribution in [0.2, 0.25) is 0 Å². The normalized spacial score (nSPS) is 17.8. The Hall–Kier alpha value is -3.10. The van der Waals surface area contributed by atoms with Gasteiger partial charge in [-0.05, 0) is 37.8 Å². The highest BCUT2D eigenvalue weighted by Gasteiger charge is 2.52. The van der Waals surface area contributed by atoms with E-state index in [0.717, 1.165) is 30.4 Å². The Balaban J connectivity index is 1.46. The minimum Gasteiger partial charge on any atom is -0.481 e. The summed E-state index contributed by atoms with van der Waals surface area (Å²) >= 11 is 0. The Morgan fingerprint density at radius 1 is 1.10 bits per heavy atom. The number of carbonyl (C=O) groups excluding carboxylic acids is 4. The summed E-state index contributed by atoms with van der Waals surface area (Å²) in [5.74, 6) is -1.39. The number of para-hydroxylation sites is 1. The van der Waals surface area contributed by atoms with Crippen LogP contribution in [-0.2, 0) is 19.1 Å². The van der Waals surface area contributed by atoms with Crippen molar-refractivity contribution < 1.29 is 28.7 Å². The summed E-state index contributed by atoms with van der Waals surface area (Å²) < 4.78 is 10.3. The zero-order chi connectivity index (χ0) is 21.0. The molecular weight excluding hydrogens is 378 g/mol. The zero-order valence-corrected chi connectivity index (χ0v) is 16.6. The Labute approximate surface area is 168 Å². The molecule has 1 spiro atoms. The van der Waals surface area contributed by atoms with E-state index < -0.39 is 36.0 Å². The maximum Gasteiger partial charge on any atom is 0.344 e. The van der Waals surface area contributed by atoms with Crippen LogP contribution in [0.1, 0.15) is 43.2 Å². The monoisotopic (exact) mass is 403 g/mol. The number of amides is 4. The summed E-state index contributed by atoms with van der Waals surface area (Å²) in [6, 6.07) is 4.93. The van der Waals surface area contributed by atoms with Gasteiger partial charge in [0, 0.05) is 0 Å². The molecule has 1 aromatic rings. The summed E-state index contributed by atoms with van der Waals surface area (Å²) in [5.41, 5.74) is 3.04. The highest BCUT2D eigenvalue weighted by Crippen LogP contribution is 2.32. The smallest absolute Gasteiger partial charge is 0.344 e. The molecule has 0 atom stereocenters. The van der Waals surface area contributed by atoms with Crippen LogP contribution in [0.15, 0.2) is 18.2 Å². The number of benzene rings is 1. The fourth-order valence-electron chi connectivity index (χ4n) is 3.72. The van der Waals surface area contributed by atoms with E-state index in [-0.39, 0.29) is 6.61 Å². The SMILES string of the molecule is Cc1cccc(C)c1OCC(=O)OCC(=O)NN1C(=O)NC2(CCCCC2)C1=O. The lowest BCUT2D eigenvalue weighted by Gasteiger charge is -2.30. The lowest BCUT2D eigenvalue weighted by Crippen LogP contribution is -2.51. The number of carbonyl (C=O) groups is 4. The highest BCUT2D eigenvalue weighted by atomic mass is 16.6. The quantitative estimate of drug-likeness (QED) is 0.550. The average Bonchev–Trinajstić information content (AvgIpc) is 2.90. The van der Waals surface area contributed by atoms with Gasteiger partial charge in [0.25, 0.3) is 11.8 Å². The van der Waals surface area contributed by atoms with Crippen LogP contribution in [0.4, 0.5) is 4.79 Å². The highest BCUT2D eigenvalue weighted by molar-refractivity contribution is 6.08. The van der Waals surface area contributed by atoms with E-state index in [4.69, 9.17) is 9.47 Å². The molecular formula is C20H25N3O6. The molecule has 1 aromatic carbocycles. The van der Waals surface area contributed by atoms with Crippen LogP contribution >= 0.6 is 0 Å². The first-order valence-electron chi connectivity index (χ1n) is 9.63. The predicted molar refractivity (Wildman–Crippen MR) is 102 cm³/mol. The molecule has 9 nitrogen and oxygen atoms in total. The van der Waals surface area contributed by atoms with Crippen molar-refractivity contribution in [2.45, 2.75) is 51.5 Å². The summed E-state index contributed by atoms with van der Waals surface area (Å²) in [6.45, 7) is 2.74. The first kappa shape index (κ1) is 20.6. The van der Waals surface area contributed by atoms with Crippen LogP contribution < -0.4 is 15.5 Å². The van der Waals surface area contributed by atoms with Gasteiger partial charge in [0.1, 0.15) is 11.3 Å². The molecule has 1 aliphatic heterocycles. The number of urea groups is 1. The minimum atomic E-state index is -0.932. The fraction of sp³-hybridized carbons (Fsp3) is 0.500. The zero-order valence-electron chi connectivity index (χ0n) is 16.6. The second kappa shape index (κ2) is 8.50. The van der Waals surface area contributed by atoms with E-state index in [9.17, 15) is 19.2 Å². The molecule has 2 N–H and O–H groups in total. The Kier molecular flexibility index (Phi) is 6.05. The van der Waals surface area contributed by atoms with E-state index in [0.29, 0.717) is 23.6 Å². The number of ether oxygens (including phenoxy) is 2. The van der Waals surface area contributed by atoms with Crippen molar-refractivity contribution in [1.29, 1.82) is 0 Å². The minimum absolute atomic E-state index is 0.356. The molecule has 0 bridgehead atoms. The Morgan fingerprint density at radius 3 is 2.41 bits per heavy atom. The molecule has 1 saturated carbocycles. The molecule has 1 heterocycles. The molecule has 0 aromatic heterocycles. The topological polar surface area (TPSA) is 114 Å². The third-order valence-corrected chi connectivity index (χ3v) is 5.21. The summed E-state index contributed by atoms with van der Waals surface area (Å²) in [6.07, 6.45) is 3.79. The Bertz CT molecular complexity index is 811. The number of hydrazine groups is 1. The molecule has 0 radical (unpaired) electrons. The number of rotatable bonds is 6. The number of imide groups is 1. The number of esters is 1. The van der Waals surface area contributed by atoms with Gasteiger partial charge in [0.15, 0.2) is 13.2 Å². The number of hydrogen-bond acceptors (Lipinski definition) is 6. The van der Waals surface area contributed by atoms with Crippen LogP contribution in [0.5, 0.6) is 5.75 Å². The third-order valence-electron chi connectivity index (χ3n) is 5.21. The van der Waals surface area contributed by atoms with Crippen LogP contribution in [0.3, 0.4) is 0 Å². The maximum absolute atomic E-state index is 12.6. The number of hydrogen-bond donors (Lipinski definition) is 2.